The molecule has 3 aromatic rings. The fourth-order valence-corrected chi connectivity index (χ4v) is 5.75. The van der Waals surface area contributed by atoms with Gasteiger partial charge in [-0.2, -0.15) is 17.5 Å². The van der Waals surface area contributed by atoms with Gasteiger partial charge in [0.15, 0.2) is 0 Å². The highest BCUT2D eigenvalue weighted by molar-refractivity contribution is 7.89. The second-order valence-electron chi connectivity index (χ2n) is 7.76. The number of hydrogen-bond acceptors (Lipinski definition) is 4. The maximum atomic E-state index is 13.6. The maximum Gasteiger partial charge on any atom is 0.449 e. The lowest BCUT2D eigenvalue weighted by molar-refractivity contribution is -0.147. The van der Waals surface area contributed by atoms with Crippen molar-refractivity contribution >= 4 is 21.1 Å². The summed E-state index contributed by atoms with van der Waals surface area (Å²) in [6.45, 7) is 2.74. The van der Waals surface area contributed by atoms with Gasteiger partial charge in [0.05, 0.1) is 17.6 Å². The van der Waals surface area contributed by atoms with Gasteiger partial charge >= 0.3 is 6.18 Å². The van der Waals surface area contributed by atoms with E-state index < -0.39 is 22.0 Å². The number of hydrogen-bond donors (Lipinski definition) is 0. The summed E-state index contributed by atoms with van der Waals surface area (Å²) in [6, 6.07) is 13.0. The van der Waals surface area contributed by atoms with E-state index in [1.165, 1.54) is 14.9 Å². The molecule has 172 valence electrons. The number of sulfonamides is 1. The molecule has 0 amide bonds. The Morgan fingerprint density at radius 3 is 2.41 bits per heavy atom. The Labute approximate surface area is 184 Å². The van der Waals surface area contributed by atoms with Crippen LogP contribution in [0.1, 0.15) is 25.6 Å². The molecule has 0 N–H and O–H groups in total. The van der Waals surface area contributed by atoms with E-state index in [2.05, 4.69) is 4.98 Å². The van der Waals surface area contributed by atoms with E-state index in [0.29, 0.717) is 36.2 Å². The molecule has 0 unspecified atom stereocenters. The number of fused-ring (bicyclic) bond motifs is 1. The Kier molecular flexibility index (Phi) is 6.17. The average molecular weight is 468 g/mol. The fraction of sp³-hybridized carbons (Fsp3) is 0.409. The van der Waals surface area contributed by atoms with Gasteiger partial charge in [-0.15, -0.1) is 0 Å². The summed E-state index contributed by atoms with van der Waals surface area (Å²) >= 11 is 0. The molecule has 1 saturated heterocycles. The lowest BCUT2D eigenvalue weighted by Crippen LogP contribution is -2.39. The second-order valence-corrected chi connectivity index (χ2v) is 9.67. The molecule has 1 aliphatic rings. The number of imidazole rings is 1. The van der Waals surface area contributed by atoms with Gasteiger partial charge in [0.2, 0.25) is 15.8 Å². The molecule has 0 spiro atoms. The van der Waals surface area contributed by atoms with E-state index in [0.717, 1.165) is 0 Å². The Balaban J connectivity index is 1.52. The van der Waals surface area contributed by atoms with Crippen molar-refractivity contribution in [2.24, 2.45) is 5.92 Å². The Hall–Kier alpha value is -2.59. The van der Waals surface area contributed by atoms with Gasteiger partial charge < -0.3 is 9.30 Å². The normalized spacial score (nSPS) is 16.5. The van der Waals surface area contributed by atoms with E-state index >= 15 is 0 Å². The summed E-state index contributed by atoms with van der Waals surface area (Å²) in [4.78, 5) is 3.90. The van der Waals surface area contributed by atoms with Crippen LogP contribution in [0.3, 0.4) is 0 Å². The number of benzene rings is 2. The van der Waals surface area contributed by atoms with Crippen LogP contribution >= 0.6 is 0 Å². The number of halogens is 3. The third-order valence-corrected chi connectivity index (χ3v) is 7.63. The summed E-state index contributed by atoms with van der Waals surface area (Å²) < 4.78 is 75.1. The first-order valence-corrected chi connectivity index (χ1v) is 11.9. The van der Waals surface area contributed by atoms with Gasteiger partial charge in [-0.1, -0.05) is 24.3 Å². The Morgan fingerprint density at radius 2 is 1.72 bits per heavy atom. The third kappa shape index (κ3) is 4.33. The molecule has 2 heterocycles. The molecular formula is C22H24F3N3O3S. The van der Waals surface area contributed by atoms with Crippen molar-refractivity contribution in [1.82, 2.24) is 13.9 Å². The van der Waals surface area contributed by atoms with E-state index in [-0.39, 0.29) is 30.4 Å². The lowest BCUT2D eigenvalue weighted by atomic mass is 9.98. The highest BCUT2D eigenvalue weighted by Gasteiger charge is 2.39. The molecule has 10 heteroatoms. The van der Waals surface area contributed by atoms with Crippen molar-refractivity contribution in [2.45, 2.75) is 37.4 Å². The van der Waals surface area contributed by atoms with E-state index in [1.807, 2.05) is 0 Å². The quantitative estimate of drug-likeness (QED) is 0.533. The summed E-state index contributed by atoms with van der Waals surface area (Å²) in [7, 11) is -3.76. The highest BCUT2D eigenvalue weighted by atomic mass is 32.2. The highest BCUT2D eigenvalue weighted by Crippen LogP contribution is 2.34. The van der Waals surface area contributed by atoms with Gasteiger partial charge in [-0.3, -0.25) is 0 Å². The van der Waals surface area contributed by atoms with Crippen molar-refractivity contribution in [3.8, 4) is 5.75 Å². The standard InChI is InChI=1S/C22H24F3N3O3S/c1-2-31-19-9-5-6-10-20(19)32(29,30)27-13-11-16(12-14-27)15-28-18-8-4-3-7-17(18)26-21(28)22(23,24)25/h3-10,16H,2,11-15H2,1H3. The zero-order chi connectivity index (χ0) is 22.9. The summed E-state index contributed by atoms with van der Waals surface area (Å²) in [6.07, 6.45) is -3.65. The predicted octanol–water partition coefficient (Wildman–Crippen LogP) is 4.55. The van der Waals surface area contributed by atoms with Crippen LogP contribution in [0.4, 0.5) is 13.2 Å². The second kappa shape index (κ2) is 8.74. The minimum atomic E-state index is -4.56. The number of piperidine rings is 1. The van der Waals surface area contributed by atoms with Crippen LogP contribution in [0.15, 0.2) is 53.4 Å². The molecular weight excluding hydrogens is 443 g/mol. The third-order valence-electron chi connectivity index (χ3n) is 5.69. The molecule has 0 saturated carbocycles. The summed E-state index contributed by atoms with van der Waals surface area (Å²) in [5.74, 6) is -0.710. The molecule has 4 rings (SSSR count). The molecule has 1 aromatic heterocycles. The molecule has 2 aromatic carbocycles. The number of alkyl halides is 3. The zero-order valence-electron chi connectivity index (χ0n) is 17.5. The van der Waals surface area contributed by atoms with Crippen LogP contribution in [-0.2, 0) is 22.7 Å². The van der Waals surface area contributed by atoms with Crippen molar-refractivity contribution < 1.29 is 26.3 Å². The van der Waals surface area contributed by atoms with Gasteiger partial charge in [-0.05, 0) is 49.9 Å². The molecule has 0 aliphatic carbocycles. The minimum absolute atomic E-state index is 0.0951. The van der Waals surface area contributed by atoms with Crippen molar-refractivity contribution in [3.63, 3.8) is 0 Å². The van der Waals surface area contributed by atoms with Crippen LogP contribution < -0.4 is 4.74 Å². The molecule has 0 radical (unpaired) electrons. The number of aromatic nitrogens is 2. The first-order chi connectivity index (χ1) is 15.2. The van der Waals surface area contributed by atoms with Crippen molar-refractivity contribution in [2.75, 3.05) is 19.7 Å². The van der Waals surface area contributed by atoms with Crippen molar-refractivity contribution in [1.29, 1.82) is 0 Å². The Bertz CT molecular complexity index is 1200. The first-order valence-electron chi connectivity index (χ1n) is 10.5. The average Bonchev–Trinajstić information content (AvgIpc) is 3.14. The zero-order valence-corrected chi connectivity index (χ0v) is 18.4. The predicted molar refractivity (Wildman–Crippen MR) is 114 cm³/mol. The van der Waals surface area contributed by atoms with Crippen LogP contribution in [0.5, 0.6) is 5.75 Å². The Morgan fingerprint density at radius 1 is 1.06 bits per heavy atom. The molecule has 1 fully saturated rings. The smallest absolute Gasteiger partial charge is 0.449 e. The number of nitrogens with zero attached hydrogens (tertiary/aromatic N) is 3. The van der Waals surface area contributed by atoms with E-state index in [1.54, 1.807) is 49.4 Å². The lowest BCUT2D eigenvalue weighted by Gasteiger charge is -2.32. The van der Waals surface area contributed by atoms with Gasteiger partial charge in [0, 0.05) is 19.6 Å². The molecule has 32 heavy (non-hydrogen) atoms. The molecule has 6 nitrogen and oxygen atoms in total. The SMILES string of the molecule is CCOc1ccccc1S(=O)(=O)N1CCC(Cn2c(C(F)(F)F)nc3ccccc32)CC1. The van der Waals surface area contributed by atoms with Gasteiger partial charge in [-0.25, -0.2) is 13.4 Å². The van der Waals surface area contributed by atoms with E-state index in [9.17, 15) is 21.6 Å². The summed E-state index contributed by atoms with van der Waals surface area (Å²) in [5.41, 5.74) is 0.730. The first kappa shape index (κ1) is 22.6. The van der Waals surface area contributed by atoms with Gasteiger partial charge in [0.25, 0.3) is 0 Å². The number of para-hydroxylation sites is 3. The van der Waals surface area contributed by atoms with Crippen LogP contribution in [0.2, 0.25) is 0 Å². The maximum absolute atomic E-state index is 13.6. The van der Waals surface area contributed by atoms with E-state index in [4.69, 9.17) is 4.74 Å². The van der Waals surface area contributed by atoms with Gasteiger partial charge in [0.1, 0.15) is 10.6 Å². The molecule has 1 aliphatic heterocycles. The topological polar surface area (TPSA) is 64.4 Å². The van der Waals surface area contributed by atoms with Crippen molar-refractivity contribution in [3.05, 3.63) is 54.4 Å². The minimum Gasteiger partial charge on any atom is -0.492 e. The number of rotatable bonds is 6. The van der Waals surface area contributed by atoms with Crippen LogP contribution in [0.25, 0.3) is 11.0 Å². The monoisotopic (exact) mass is 467 g/mol. The number of ether oxygens (including phenoxy) is 1. The largest absolute Gasteiger partial charge is 0.492 e. The molecule has 0 bridgehead atoms. The molecule has 0 atom stereocenters. The van der Waals surface area contributed by atoms with Crippen LogP contribution in [0, 0.1) is 5.92 Å². The fourth-order valence-electron chi connectivity index (χ4n) is 4.14. The van der Waals surface area contributed by atoms with Crippen LogP contribution in [-0.4, -0.2) is 42.0 Å². The summed E-state index contributed by atoms with van der Waals surface area (Å²) in [5, 5.41) is 0.